The fourth-order valence-corrected chi connectivity index (χ4v) is 3.59. The molecule has 0 spiro atoms. The number of nitrogens with one attached hydrogen (secondary N) is 1. The van der Waals surface area contributed by atoms with Crippen molar-refractivity contribution < 1.29 is 22.0 Å². The molecule has 12 heteroatoms. The number of nitrogens with zero attached hydrogens (tertiary/aromatic N) is 5. The van der Waals surface area contributed by atoms with Crippen LogP contribution in [0.3, 0.4) is 0 Å². The molecule has 0 atom stereocenters. The lowest BCUT2D eigenvalue weighted by Gasteiger charge is -2.34. The van der Waals surface area contributed by atoms with Crippen molar-refractivity contribution >= 4 is 5.82 Å². The number of hydrogen-bond donors (Lipinski definition) is 1. The van der Waals surface area contributed by atoms with Gasteiger partial charge < -0.3 is 5.32 Å². The first-order valence-electron chi connectivity index (χ1n) is 10.5. The third-order valence-corrected chi connectivity index (χ3v) is 5.69. The summed E-state index contributed by atoms with van der Waals surface area (Å²) in [5.41, 5.74) is -3.20. The first-order chi connectivity index (χ1) is 15.5. The number of alkyl halides is 4. The molecule has 0 aliphatic heterocycles. The second-order valence-corrected chi connectivity index (χ2v) is 8.55. The van der Waals surface area contributed by atoms with Gasteiger partial charge in [0.2, 0.25) is 0 Å². The summed E-state index contributed by atoms with van der Waals surface area (Å²) >= 11 is 0. The van der Waals surface area contributed by atoms with Crippen LogP contribution >= 0.6 is 0 Å². The van der Waals surface area contributed by atoms with Gasteiger partial charge in [-0.1, -0.05) is 0 Å². The summed E-state index contributed by atoms with van der Waals surface area (Å²) in [4.78, 5) is 16.7. The lowest BCUT2D eigenvalue weighted by atomic mass is 9.82. The highest BCUT2D eigenvalue weighted by Gasteiger charge is 2.39. The molecule has 1 N–H and O–H groups in total. The van der Waals surface area contributed by atoms with Crippen LogP contribution in [0, 0.1) is 5.82 Å². The molecule has 1 aliphatic rings. The van der Waals surface area contributed by atoms with Crippen LogP contribution in [0.2, 0.25) is 0 Å². The lowest BCUT2D eigenvalue weighted by Crippen LogP contribution is -2.39. The molecule has 0 saturated heterocycles. The molecule has 33 heavy (non-hydrogen) atoms. The average Bonchev–Trinajstić information content (AvgIpc) is 3.33. The van der Waals surface area contributed by atoms with E-state index < -0.39 is 34.7 Å². The Morgan fingerprint density at radius 2 is 1.97 bits per heavy atom. The fourth-order valence-electron chi connectivity index (χ4n) is 3.59. The molecule has 0 amide bonds. The van der Waals surface area contributed by atoms with Crippen LogP contribution in [0.15, 0.2) is 35.6 Å². The van der Waals surface area contributed by atoms with E-state index in [2.05, 4.69) is 15.4 Å². The summed E-state index contributed by atoms with van der Waals surface area (Å²) in [6, 6.07) is 0.598. The van der Waals surface area contributed by atoms with Crippen molar-refractivity contribution in [1.82, 2.24) is 23.9 Å². The maximum absolute atomic E-state index is 14.8. The van der Waals surface area contributed by atoms with E-state index in [0.717, 1.165) is 6.20 Å². The van der Waals surface area contributed by atoms with Crippen LogP contribution in [0.25, 0.3) is 5.82 Å². The van der Waals surface area contributed by atoms with Crippen LogP contribution in [0.1, 0.15) is 50.3 Å². The minimum atomic E-state index is -5.03. The van der Waals surface area contributed by atoms with E-state index >= 15 is 0 Å². The number of imidazole rings is 1. The van der Waals surface area contributed by atoms with Crippen LogP contribution in [0.5, 0.6) is 0 Å². The van der Waals surface area contributed by atoms with Crippen molar-refractivity contribution in [2.75, 3.05) is 11.9 Å². The predicted octanol–water partition coefficient (Wildman–Crippen LogP) is 4.32. The smallest absolute Gasteiger partial charge is 0.367 e. The number of pyridine rings is 1. The molecule has 7 nitrogen and oxygen atoms in total. The number of halogens is 5. The van der Waals surface area contributed by atoms with Gasteiger partial charge >= 0.3 is 11.9 Å². The molecule has 1 fully saturated rings. The first kappa shape index (κ1) is 23.0. The largest absolute Gasteiger partial charge is 0.419 e. The molecule has 0 aromatic carbocycles. The number of rotatable bonds is 7. The standard InChI is InChI=1S/C21H23F5N6O/c1-13(2)32-11-14(9-28-32)10-30-6-7-31(19(30)33)18-17(22)15(21(24,25)26)8-16(29-18)27-12-20(23)4-3-5-20/h6-9,11,13H,3-5,10,12H2,1-2H3,(H,27,29). The van der Waals surface area contributed by atoms with Crippen molar-refractivity contribution in [1.29, 1.82) is 0 Å². The van der Waals surface area contributed by atoms with E-state index in [4.69, 9.17) is 0 Å². The Labute approximate surface area is 185 Å². The van der Waals surface area contributed by atoms with Gasteiger partial charge in [-0.15, -0.1) is 0 Å². The molecule has 1 aliphatic carbocycles. The molecule has 4 rings (SSSR count). The second kappa shape index (κ2) is 8.31. The Hall–Kier alpha value is -3.18. The highest BCUT2D eigenvalue weighted by atomic mass is 19.4. The van der Waals surface area contributed by atoms with Gasteiger partial charge in [0.25, 0.3) is 0 Å². The number of aromatic nitrogens is 5. The van der Waals surface area contributed by atoms with Gasteiger partial charge in [0, 0.05) is 30.2 Å². The van der Waals surface area contributed by atoms with Crippen molar-refractivity contribution in [3.8, 4) is 5.82 Å². The zero-order valence-corrected chi connectivity index (χ0v) is 18.0. The van der Waals surface area contributed by atoms with Gasteiger partial charge in [-0.3, -0.25) is 9.25 Å². The monoisotopic (exact) mass is 470 g/mol. The maximum atomic E-state index is 14.8. The van der Waals surface area contributed by atoms with Gasteiger partial charge in [0.05, 0.1) is 24.8 Å². The summed E-state index contributed by atoms with van der Waals surface area (Å²) in [6.07, 6.45) is 2.02. The molecule has 1 saturated carbocycles. The predicted molar refractivity (Wildman–Crippen MR) is 111 cm³/mol. The maximum Gasteiger partial charge on any atom is 0.419 e. The Kier molecular flexibility index (Phi) is 5.79. The average molecular weight is 470 g/mol. The molecule has 178 valence electrons. The van der Waals surface area contributed by atoms with E-state index in [1.165, 1.54) is 10.8 Å². The van der Waals surface area contributed by atoms with Gasteiger partial charge in [-0.2, -0.15) is 18.3 Å². The van der Waals surface area contributed by atoms with E-state index in [9.17, 15) is 26.7 Å². The summed E-state index contributed by atoms with van der Waals surface area (Å²) in [5, 5.41) is 6.71. The third-order valence-electron chi connectivity index (χ3n) is 5.69. The molecule has 0 bridgehead atoms. The van der Waals surface area contributed by atoms with Crippen LogP contribution in [0.4, 0.5) is 27.8 Å². The zero-order chi connectivity index (χ0) is 24.0. The fraction of sp³-hybridized carbons (Fsp3) is 0.476. The number of anilines is 1. The molecule has 3 aromatic rings. The molecule has 0 unspecified atom stereocenters. The highest BCUT2D eigenvalue weighted by molar-refractivity contribution is 5.46. The van der Waals surface area contributed by atoms with Gasteiger partial charge in [0.15, 0.2) is 11.6 Å². The summed E-state index contributed by atoms with van der Waals surface area (Å²) < 4.78 is 73.1. The highest BCUT2D eigenvalue weighted by Crippen LogP contribution is 2.37. The number of hydrogen-bond acceptors (Lipinski definition) is 4. The van der Waals surface area contributed by atoms with Gasteiger partial charge in [-0.05, 0) is 39.2 Å². The second-order valence-electron chi connectivity index (χ2n) is 8.55. The van der Waals surface area contributed by atoms with E-state index in [-0.39, 0.29) is 37.8 Å². The van der Waals surface area contributed by atoms with Gasteiger partial charge in [-0.25, -0.2) is 23.1 Å². The van der Waals surface area contributed by atoms with Crippen molar-refractivity contribution in [2.24, 2.45) is 0 Å². The van der Waals surface area contributed by atoms with Crippen LogP contribution < -0.4 is 11.0 Å². The lowest BCUT2D eigenvalue weighted by molar-refractivity contribution is -0.140. The zero-order valence-electron chi connectivity index (χ0n) is 18.0. The van der Waals surface area contributed by atoms with Crippen molar-refractivity contribution in [3.63, 3.8) is 0 Å². The Bertz CT molecular complexity index is 1200. The molecule has 3 aromatic heterocycles. The molecule has 3 heterocycles. The topological polar surface area (TPSA) is 69.7 Å². The SMILES string of the molecule is CC(C)n1cc(Cn2ccn(-c3nc(NCC4(F)CCC4)cc(C(F)(F)F)c3F)c2=O)cn1. The minimum Gasteiger partial charge on any atom is -0.367 e. The Morgan fingerprint density at radius 1 is 1.24 bits per heavy atom. The van der Waals surface area contributed by atoms with Gasteiger partial charge in [0.1, 0.15) is 11.5 Å². The summed E-state index contributed by atoms with van der Waals surface area (Å²) in [7, 11) is 0. The van der Waals surface area contributed by atoms with E-state index in [1.54, 1.807) is 17.1 Å². The molecule has 0 radical (unpaired) electrons. The first-order valence-corrected chi connectivity index (χ1v) is 10.5. The summed E-state index contributed by atoms with van der Waals surface area (Å²) in [6.45, 7) is 3.71. The summed E-state index contributed by atoms with van der Waals surface area (Å²) in [5.74, 6) is -2.85. The molecular weight excluding hydrogens is 447 g/mol. The van der Waals surface area contributed by atoms with Crippen LogP contribution in [-0.2, 0) is 12.7 Å². The Morgan fingerprint density at radius 3 is 2.55 bits per heavy atom. The Balaban J connectivity index is 1.68. The van der Waals surface area contributed by atoms with Crippen molar-refractivity contribution in [3.05, 3.63) is 58.3 Å². The van der Waals surface area contributed by atoms with Crippen LogP contribution in [-0.4, -0.2) is 36.1 Å². The quantitative estimate of drug-likeness (QED) is 0.522. The molecular formula is C21H23F5N6O. The van der Waals surface area contributed by atoms with E-state index in [0.29, 0.717) is 22.6 Å². The van der Waals surface area contributed by atoms with E-state index in [1.807, 2.05) is 13.8 Å². The normalized spacial score (nSPS) is 15.6. The van der Waals surface area contributed by atoms with Crippen molar-refractivity contribution in [2.45, 2.75) is 57.5 Å². The minimum absolute atomic E-state index is 0.0919. The third kappa shape index (κ3) is 4.64.